The fraction of sp³-hybridized carbons (Fsp3) is 0.875. The van der Waals surface area contributed by atoms with Gasteiger partial charge in [0.05, 0.1) is 7.11 Å². The van der Waals surface area contributed by atoms with Crippen LogP contribution in [-0.2, 0) is 14.9 Å². The largest absolute Gasteiger partial charge is 0.452 e. The number of amides is 1. The SMILES string of the molecule is COC(=O)NS(=O)(=O)N1CCCC(CO)C1. The Kier molecular flexibility index (Phi) is 4.51. The minimum absolute atomic E-state index is 0.0513. The van der Waals surface area contributed by atoms with E-state index in [1.807, 2.05) is 0 Å². The molecule has 1 aliphatic heterocycles. The van der Waals surface area contributed by atoms with E-state index < -0.39 is 16.3 Å². The number of aliphatic hydroxyl groups excluding tert-OH is 1. The molecule has 16 heavy (non-hydrogen) atoms. The van der Waals surface area contributed by atoms with Crippen molar-refractivity contribution in [2.75, 3.05) is 26.8 Å². The highest BCUT2D eigenvalue weighted by Gasteiger charge is 2.29. The lowest BCUT2D eigenvalue weighted by Gasteiger charge is -2.30. The number of hydrogen-bond acceptors (Lipinski definition) is 5. The number of carbonyl (C=O) groups excluding carboxylic acids is 1. The van der Waals surface area contributed by atoms with E-state index >= 15 is 0 Å². The number of methoxy groups -OCH3 is 1. The van der Waals surface area contributed by atoms with Crippen LogP contribution in [0.3, 0.4) is 0 Å². The predicted octanol–water partition coefficient (Wildman–Crippen LogP) is -0.708. The molecule has 0 aromatic heterocycles. The second kappa shape index (κ2) is 5.46. The van der Waals surface area contributed by atoms with Crippen molar-refractivity contribution >= 4 is 16.3 Å². The van der Waals surface area contributed by atoms with E-state index in [9.17, 15) is 13.2 Å². The van der Waals surface area contributed by atoms with Crippen molar-refractivity contribution in [3.63, 3.8) is 0 Å². The molecule has 1 heterocycles. The summed E-state index contributed by atoms with van der Waals surface area (Å²) < 4.78 is 30.4. The molecule has 1 rings (SSSR count). The summed E-state index contributed by atoms with van der Waals surface area (Å²) in [5.41, 5.74) is 0. The van der Waals surface area contributed by atoms with Gasteiger partial charge in [0, 0.05) is 19.7 Å². The molecule has 0 spiro atoms. The molecule has 1 aliphatic rings. The van der Waals surface area contributed by atoms with Crippen molar-refractivity contribution in [1.82, 2.24) is 9.03 Å². The molecule has 1 amide bonds. The molecule has 1 saturated heterocycles. The Hall–Kier alpha value is -0.860. The topological polar surface area (TPSA) is 95.9 Å². The molecule has 8 heteroatoms. The van der Waals surface area contributed by atoms with Gasteiger partial charge in [-0.05, 0) is 18.8 Å². The molecular formula is C8H16N2O5S. The minimum atomic E-state index is -3.84. The van der Waals surface area contributed by atoms with E-state index in [0.29, 0.717) is 13.0 Å². The van der Waals surface area contributed by atoms with Crippen LogP contribution in [0.25, 0.3) is 0 Å². The van der Waals surface area contributed by atoms with Gasteiger partial charge in [-0.2, -0.15) is 12.7 Å². The summed E-state index contributed by atoms with van der Waals surface area (Å²) in [6.07, 6.45) is 0.458. The van der Waals surface area contributed by atoms with Crippen LogP contribution in [0.15, 0.2) is 0 Å². The molecule has 1 atom stereocenters. The van der Waals surface area contributed by atoms with Crippen LogP contribution in [0, 0.1) is 5.92 Å². The summed E-state index contributed by atoms with van der Waals surface area (Å²) in [6, 6.07) is 0. The minimum Gasteiger partial charge on any atom is -0.452 e. The van der Waals surface area contributed by atoms with E-state index in [-0.39, 0.29) is 19.1 Å². The summed E-state index contributed by atoms with van der Waals surface area (Å²) in [6.45, 7) is 0.524. The van der Waals surface area contributed by atoms with Crippen molar-refractivity contribution < 1.29 is 23.1 Å². The maximum Gasteiger partial charge on any atom is 0.421 e. The van der Waals surface area contributed by atoms with Crippen molar-refractivity contribution in [2.45, 2.75) is 12.8 Å². The van der Waals surface area contributed by atoms with Gasteiger partial charge in [-0.3, -0.25) is 0 Å². The first-order chi connectivity index (χ1) is 7.49. The normalized spacial score (nSPS) is 22.8. The van der Waals surface area contributed by atoms with Crippen LogP contribution < -0.4 is 4.72 Å². The molecular weight excluding hydrogens is 236 g/mol. The molecule has 0 aliphatic carbocycles. The van der Waals surface area contributed by atoms with E-state index in [1.165, 1.54) is 0 Å². The number of nitrogens with zero attached hydrogens (tertiary/aromatic N) is 1. The Morgan fingerprint density at radius 1 is 1.62 bits per heavy atom. The van der Waals surface area contributed by atoms with Crippen molar-refractivity contribution in [2.24, 2.45) is 5.92 Å². The molecule has 0 radical (unpaired) electrons. The molecule has 1 unspecified atom stereocenters. The van der Waals surface area contributed by atoms with Crippen molar-refractivity contribution in [1.29, 1.82) is 0 Å². The zero-order chi connectivity index (χ0) is 12.2. The summed E-state index contributed by atoms with van der Waals surface area (Å²) in [7, 11) is -2.75. The van der Waals surface area contributed by atoms with E-state index in [1.54, 1.807) is 4.72 Å². The highest BCUT2D eigenvalue weighted by molar-refractivity contribution is 7.87. The van der Waals surface area contributed by atoms with Crippen LogP contribution in [-0.4, -0.2) is 50.7 Å². The Morgan fingerprint density at radius 2 is 2.31 bits per heavy atom. The second-order valence-electron chi connectivity index (χ2n) is 3.65. The highest BCUT2D eigenvalue weighted by atomic mass is 32.2. The number of nitrogens with one attached hydrogen (secondary N) is 1. The summed E-state index contributed by atoms with van der Waals surface area (Å²) in [4.78, 5) is 10.8. The number of carbonyl (C=O) groups is 1. The average molecular weight is 252 g/mol. The highest BCUT2D eigenvalue weighted by Crippen LogP contribution is 2.17. The lowest BCUT2D eigenvalue weighted by Crippen LogP contribution is -2.48. The van der Waals surface area contributed by atoms with Crippen molar-refractivity contribution in [3.8, 4) is 0 Å². The molecule has 2 N–H and O–H groups in total. The molecule has 94 valence electrons. The molecule has 7 nitrogen and oxygen atoms in total. The van der Waals surface area contributed by atoms with Crippen LogP contribution >= 0.6 is 0 Å². The zero-order valence-corrected chi connectivity index (χ0v) is 9.87. The standard InChI is InChI=1S/C8H16N2O5S/c1-15-8(12)9-16(13,14)10-4-2-3-7(5-10)6-11/h7,11H,2-6H2,1H3,(H,9,12). The average Bonchev–Trinajstić information content (AvgIpc) is 2.28. The van der Waals surface area contributed by atoms with Crippen LogP contribution in [0.2, 0.25) is 0 Å². The van der Waals surface area contributed by atoms with Gasteiger partial charge in [0.1, 0.15) is 0 Å². The Balaban J connectivity index is 2.64. The smallest absolute Gasteiger partial charge is 0.421 e. The summed E-state index contributed by atoms with van der Waals surface area (Å²) in [5.74, 6) is -0.0667. The lowest BCUT2D eigenvalue weighted by molar-refractivity contribution is 0.161. The predicted molar refractivity (Wildman–Crippen MR) is 55.8 cm³/mol. The van der Waals surface area contributed by atoms with Gasteiger partial charge in [-0.25, -0.2) is 9.52 Å². The first kappa shape index (κ1) is 13.2. The molecule has 0 bridgehead atoms. The first-order valence-electron chi connectivity index (χ1n) is 4.96. The van der Waals surface area contributed by atoms with Gasteiger partial charge in [0.25, 0.3) is 0 Å². The number of piperidine rings is 1. The van der Waals surface area contributed by atoms with Gasteiger partial charge < -0.3 is 9.84 Å². The zero-order valence-electron chi connectivity index (χ0n) is 9.05. The fourth-order valence-electron chi connectivity index (χ4n) is 1.61. The van der Waals surface area contributed by atoms with Gasteiger partial charge in [-0.1, -0.05) is 0 Å². The Labute approximate surface area is 94.6 Å². The van der Waals surface area contributed by atoms with Crippen molar-refractivity contribution in [3.05, 3.63) is 0 Å². The van der Waals surface area contributed by atoms with Gasteiger partial charge in [0.15, 0.2) is 0 Å². The number of hydrogen-bond donors (Lipinski definition) is 2. The number of ether oxygens (including phenoxy) is 1. The first-order valence-corrected chi connectivity index (χ1v) is 6.40. The lowest BCUT2D eigenvalue weighted by atomic mass is 10.0. The van der Waals surface area contributed by atoms with Gasteiger partial charge >= 0.3 is 16.3 Å². The van der Waals surface area contributed by atoms with Crippen LogP contribution in [0.1, 0.15) is 12.8 Å². The molecule has 1 fully saturated rings. The summed E-state index contributed by atoms with van der Waals surface area (Å²) >= 11 is 0. The van der Waals surface area contributed by atoms with E-state index in [4.69, 9.17) is 5.11 Å². The maximum atomic E-state index is 11.6. The fourth-order valence-corrected chi connectivity index (χ4v) is 2.81. The molecule has 0 aromatic rings. The monoisotopic (exact) mass is 252 g/mol. The number of aliphatic hydroxyl groups is 1. The van der Waals surface area contributed by atoms with E-state index in [2.05, 4.69) is 4.74 Å². The summed E-state index contributed by atoms with van der Waals surface area (Å²) in [5, 5.41) is 8.97. The van der Waals surface area contributed by atoms with Crippen LogP contribution in [0.5, 0.6) is 0 Å². The third-order valence-corrected chi connectivity index (χ3v) is 3.91. The third kappa shape index (κ3) is 3.32. The van der Waals surface area contributed by atoms with E-state index in [0.717, 1.165) is 17.8 Å². The third-order valence-electron chi connectivity index (χ3n) is 2.48. The Bertz CT molecular complexity index is 342. The maximum absolute atomic E-state index is 11.6. The van der Waals surface area contributed by atoms with Gasteiger partial charge in [0.2, 0.25) is 0 Å². The molecule has 0 saturated carbocycles. The van der Waals surface area contributed by atoms with Gasteiger partial charge in [-0.15, -0.1) is 0 Å². The molecule has 0 aromatic carbocycles. The van der Waals surface area contributed by atoms with Crippen LogP contribution in [0.4, 0.5) is 4.79 Å². The Morgan fingerprint density at radius 3 is 2.88 bits per heavy atom. The quantitative estimate of drug-likeness (QED) is 0.692. The number of rotatable bonds is 3. The second-order valence-corrected chi connectivity index (χ2v) is 5.32.